The maximum absolute atomic E-state index is 6.21. The molecule has 2 aromatic carbocycles. The highest BCUT2D eigenvalue weighted by atomic mass is 79.9. The number of halogens is 3. The molecule has 0 spiro atoms. The summed E-state index contributed by atoms with van der Waals surface area (Å²) in [4.78, 5) is 7.39. The molecule has 8 heteroatoms. The lowest BCUT2D eigenvalue weighted by Gasteiger charge is -2.19. The molecule has 0 radical (unpaired) electrons. The summed E-state index contributed by atoms with van der Waals surface area (Å²) in [5.41, 5.74) is 10.1. The van der Waals surface area contributed by atoms with Crippen LogP contribution in [0.4, 0.5) is 5.69 Å². The van der Waals surface area contributed by atoms with Gasteiger partial charge in [-0.25, -0.2) is 4.98 Å². The molecule has 0 aliphatic carbocycles. The van der Waals surface area contributed by atoms with Gasteiger partial charge in [-0.2, -0.15) is 0 Å². The fourth-order valence-electron chi connectivity index (χ4n) is 3.47. The number of ether oxygens (including phenoxy) is 1. The summed E-state index contributed by atoms with van der Waals surface area (Å²) in [6.45, 7) is 11.0. The van der Waals surface area contributed by atoms with Crippen molar-refractivity contribution in [2.75, 3.05) is 32.0 Å². The maximum Gasteiger partial charge on any atom is 0.119 e. The van der Waals surface area contributed by atoms with Gasteiger partial charge in [0.1, 0.15) is 17.1 Å². The lowest BCUT2D eigenvalue weighted by molar-refractivity contribution is 0.291. The molecule has 5 nitrogen and oxygen atoms in total. The van der Waals surface area contributed by atoms with Crippen LogP contribution < -0.4 is 10.5 Å². The molecule has 1 aromatic heterocycles. The highest BCUT2D eigenvalue weighted by Gasteiger charge is 2.17. The average molecular weight is 561 g/mol. The molecular weight excluding hydrogens is 532 g/mol. The van der Waals surface area contributed by atoms with E-state index >= 15 is 0 Å². The van der Waals surface area contributed by atoms with Gasteiger partial charge in [-0.05, 0) is 75.6 Å². The van der Waals surface area contributed by atoms with E-state index in [1.54, 1.807) is 0 Å². The molecule has 3 aromatic rings. The Balaban J connectivity index is 0.00000320. The van der Waals surface area contributed by atoms with E-state index in [0.717, 1.165) is 64.2 Å². The summed E-state index contributed by atoms with van der Waals surface area (Å²) in [6.07, 6.45) is 0.753. The molecule has 0 atom stereocenters. The van der Waals surface area contributed by atoms with Crippen molar-refractivity contribution in [3.63, 3.8) is 0 Å². The van der Waals surface area contributed by atoms with E-state index in [-0.39, 0.29) is 12.4 Å². The van der Waals surface area contributed by atoms with Gasteiger partial charge >= 0.3 is 0 Å². The minimum atomic E-state index is 0. The van der Waals surface area contributed by atoms with Crippen LogP contribution in [-0.4, -0.2) is 40.7 Å². The molecule has 0 saturated heterocycles. The fraction of sp³-hybridized carbons (Fsp3) is 0.409. The van der Waals surface area contributed by atoms with Crippen LogP contribution in [0.25, 0.3) is 11.0 Å². The molecule has 0 amide bonds. The zero-order valence-electron chi connectivity index (χ0n) is 17.6. The SMILES string of the molecule is CCOc1ccc(Cc2nc3c(Br)c(N)c(Br)cc3n2CCN(CC)CC)cc1.Cl. The molecule has 0 fully saturated rings. The average Bonchev–Trinajstić information content (AvgIpc) is 3.06. The first-order valence-corrected chi connectivity index (χ1v) is 11.6. The van der Waals surface area contributed by atoms with Crippen molar-refractivity contribution in [3.8, 4) is 5.75 Å². The standard InChI is InChI=1S/C22H28Br2N4O.ClH/c1-4-27(5-2)11-12-28-18-14-17(23)21(25)20(24)22(18)26-19(28)13-15-7-9-16(10-8-15)29-6-3;/h7-10,14H,4-6,11-13,25H2,1-3H3;1H. The van der Waals surface area contributed by atoms with Crippen LogP contribution in [0.15, 0.2) is 39.3 Å². The summed E-state index contributed by atoms with van der Waals surface area (Å²) in [7, 11) is 0. The van der Waals surface area contributed by atoms with Gasteiger partial charge in [0.15, 0.2) is 0 Å². The second-order valence-electron chi connectivity index (χ2n) is 6.91. The first kappa shape index (κ1) is 25.0. The topological polar surface area (TPSA) is 56.3 Å². The van der Waals surface area contributed by atoms with E-state index in [2.05, 4.69) is 73.4 Å². The summed E-state index contributed by atoms with van der Waals surface area (Å²) in [6, 6.07) is 10.3. The van der Waals surface area contributed by atoms with E-state index in [1.165, 1.54) is 5.56 Å². The number of imidazole rings is 1. The molecular formula is C22H29Br2ClN4O. The minimum Gasteiger partial charge on any atom is -0.494 e. The number of benzene rings is 2. The number of anilines is 1. The fourth-order valence-corrected chi connectivity index (χ4v) is 4.66. The number of nitrogens with zero attached hydrogens (tertiary/aromatic N) is 3. The van der Waals surface area contributed by atoms with Crippen LogP contribution in [0.5, 0.6) is 5.75 Å². The molecule has 30 heavy (non-hydrogen) atoms. The summed E-state index contributed by atoms with van der Waals surface area (Å²) >= 11 is 7.23. The normalized spacial score (nSPS) is 11.1. The Morgan fingerprint density at radius 2 is 1.77 bits per heavy atom. The number of likely N-dealkylation sites (N-methyl/N-ethyl adjacent to an activating group) is 1. The molecule has 0 bridgehead atoms. The Bertz CT molecular complexity index is 972. The summed E-state index contributed by atoms with van der Waals surface area (Å²) in [5.74, 6) is 1.93. The van der Waals surface area contributed by atoms with Gasteiger partial charge in [0.25, 0.3) is 0 Å². The largest absolute Gasteiger partial charge is 0.494 e. The van der Waals surface area contributed by atoms with Crippen LogP contribution in [0.2, 0.25) is 0 Å². The molecule has 0 aliphatic rings. The third-order valence-corrected chi connectivity index (χ3v) is 6.64. The van der Waals surface area contributed by atoms with E-state index in [1.807, 2.05) is 19.1 Å². The quantitative estimate of drug-likeness (QED) is 0.331. The van der Waals surface area contributed by atoms with Crippen molar-refractivity contribution in [2.45, 2.75) is 33.7 Å². The van der Waals surface area contributed by atoms with Crippen LogP contribution in [0.3, 0.4) is 0 Å². The molecule has 164 valence electrons. The predicted molar refractivity (Wildman–Crippen MR) is 135 cm³/mol. The minimum absolute atomic E-state index is 0. The molecule has 1 heterocycles. The van der Waals surface area contributed by atoms with Crippen molar-refractivity contribution >= 4 is 61.0 Å². The third-order valence-electron chi connectivity index (χ3n) is 5.18. The number of nitrogen functional groups attached to an aromatic ring is 1. The highest BCUT2D eigenvalue weighted by molar-refractivity contribution is 9.11. The van der Waals surface area contributed by atoms with Crippen molar-refractivity contribution in [1.29, 1.82) is 0 Å². The van der Waals surface area contributed by atoms with E-state index in [4.69, 9.17) is 15.5 Å². The van der Waals surface area contributed by atoms with E-state index in [9.17, 15) is 0 Å². The Labute approximate surface area is 201 Å². The number of fused-ring (bicyclic) bond motifs is 1. The van der Waals surface area contributed by atoms with Crippen LogP contribution in [0.1, 0.15) is 32.2 Å². The van der Waals surface area contributed by atoms with Crippen molar-refractivity contribution in [3.05, 3.63) is 50.7 Å². The Morgan fingerprint density at radius 1 is 1.10 bits per heavy atom. The Hall–Kier alpha value is -1.28. The van der Waals surface area contributed by atoms with Crippen LogP contribution >= 0.6 is 44.3 Å². The van der Waals surface area contributed by atoms with Gasteiger partial charge in [-0.1, -0.05) is 26.0 Å². The van der Waals surface area contributed by atoms with Crippen LogP contribution in [0, 0.1) is 0 Å². The van der Waals surface area contributed by atoms with Gasteiger partial charge in [-0.15, -0.1) is 12.4 Å². The lowest BCUT2D eigenvalue weighted by atomic mass is 10.1. The molecule has 0 aliphatic heterocycles. The number of hydrogen-bond acceptors (Lipinski definition) is 4. The highest BCUT2D eigenvalue weighted by Crippen LogP contribution is 2.36. The molecule has 0 saturated carbocycles. The second-order valence-corrected chi connectivity index (χ2v) is 8.56. The zero-order valence-corrected chi connectivity index (χ0v) is 21.6. The number of aromatic nitrogens is 2. The Morgan fingerprint density at radius 3 is 2.37 bits per heavy atom. The van der Waals surface area contributed by atoms with Gasteiger partial charge in [0.05, 0.1) is 22.3 Å². The molecule has 3 rings (SSSR count). The number of hydrogen-bond donors (Lipinski definition) is 1. The monoisotopic (exact) mass is 558 g/mol. The van der Waals surface area contributed by atoms with Gasteiger partial charge in [-0.3, -0.25) is 0 Å². The second kappa shape index (κ2) is 11.4. The summed E-state index contributed by atoms with van der Waals surface area (Å²) in [5, 5.41) is 0. The third kappa shape index (κ3) is 5.49. The number of nitrogens with two attached hydrogens (primary N) is 1. The van der Waals surface area contributed by atoms with Crippen molar-refractivity contribution in [1.82, 2.24) is 14.5 Å². The van der Waals surface area contributed by atoms with E-state index in [0.29, 0.717) is 12.3 Å². The molecule has 0 unspecified atom stereocenters. The number of rotatable bonds is 9. The lowest BCUT2D eigenvalue weighted by Crippen LogP contribution is -2.27. The van der Waals surface area contributed by atoms with E-state index < -0.39 is 0 Å². The maximum atomic E-state index is 6.21. The van der Waals surface area contributed by atoms with Gasteiger partial charge in [0.2, 0.25) is 0 Å². The van der Waals surface area contributed by atoms with Gasteiger partial charge < -0.3 is 19.9 Å². The van der Waals surface area contributed by atoms with Gasteiger partial charge in [0, 0.05) is 24.0 Å². The summed E-state index contributed by atoms with van der Waals surface area (Å²) < 4.78 is 9.61. The first-order valence-electron chi connectivity index (χ1n) is 10.0. The molecule has 2 N–H and O–H groups in total. The smallest absolute Gasteiger partial charge is 0.119 e. The first-order chi connectivity index (χ1) is 14.0. The zero-order chi connectivity index (χ0) is 21.0. The van der Waals surface area contributed by atoms with Crippen LogP contribution in [-0.2, 0) is 13.0 Å². The van der Waals surface area contributed by atoms with Crippen molar-refractivity contribution in [2.24, 2.45) is 0 Å². The Kier molecular flexibility index (Phi) is 9.47. The van der Waals surface area contributed by atoms with Crippen molar-refractivity contribution < 1.29 is 4.74 Å². The predicted octanol–water partition coefficient (Wildman–Crippen LogP) is 5.90.